The molecule has 104 valence electrons. The molecular weight excluding hydrogens is 286 g/mol. The summed E-state index contributed by atoms with van der Waals surface area (Å²) in [5.41, 5.74) is 1.09. The first kappa shape index (κ1) is 14.3. The summed E-state index contributed by atoms with van der Waals surface area (Å²) in [6.07, 6.45) is 1.15. The van der Waals surface area contributed by atoms with E-state index in [4.69, 9.17) is 11.6 Å². The normalized spacial score (nSPS) is 21.2. The van der Waals surface area contributed by atoms with Crippen molar-refractivity contribution in [2.24, 2.45) is 5.92 Å². The van der Waals surface area contributed by atoms with Crippen molar-refractivity contribution in [1.82, 2.24) is 5.32 Å². The van der Waals surface area contributed by atoms with Gasteiger partial charge in [0.2, 0.25) is 5.91 Å². The van der Waals surface area contributed by atoms with Crippen molar-refractivity contribution in [1.29, 1.82) is 0 Å². The van der Waals surface area contributed by atoms with Gasteiger partial charge in [0.15, 0.2) is 9.84 Å². The fourth-order valence-corrected chi connectivity index (χ4v) is 3.99. The predicted molar refractivity (Wildman–Crippen MR) is 74.9 cm³/mol. The van der Waals surface area contributed by atoms with Gasteiger partial charge < -0.3 is 5.32 Å². The molecule has 1 N–H and O–H groups in total. The summed E-state index contributed by atoms with van der Waals surface area (Å²) in [4.78, 5) is 11.8. The van der Waals surface area contributed by atoms with Gasteiger partial charge >= 0.3 is 0 Å². The van der Waals surface area contributed by atoms with Crippen molar-refractivity contribution in [3.8, 4) is 0 Å². The van der Waals surface area contributed by atoms with Gasteiger partial charge in [0.25, 0.3) is 0 Å². The monoisotopic (exact) mass is 301 g/mol. The molecule has 0 saturated carbocycles. The van der Waals surface area contributed by atoms with Gasteiger partial charge in [0.1, 0.15) is 0 Å². The third-order valence-corrected chi connectivity index (χ3v) is 5.25. The third kappa shape index (κ3) is 4.21. The molecule has 0 radical (unpaired) electrons. The minimum Gasteiger partial charge on any atom is -0.356 e. The zero-order chi connectivity index (χ0) is 13.9. The maximum atomic E-state index is 11.8. The molecule has 4 nitrogen and oxygen atoms in total. The first-order valence-corrected chi connectivity index (χ1v) is 8.39. The summed E-state index contributed by atoms with van der Waals surface area (Å²) >= 11 is 5.78. The van der Waals surface area contributed by atoms with E-state index in [-0.39, 0.29) is 23.3 Å². The number of hydrogen-bond acceptors (Lipinski definition) is 3. The second-order valence-electron chi connectivity index (χ2n) is 4.77. The van der Waals surface area contributed by atoms with Crippen molar-refractivity contribution < 1.29 is 13.2 Å². The summed E-state index contributed by atoms with van der Waals surface area (Å²) in [7, 11) is -3.00. The first-order valence-electron chi connectivity index (χ1n) is 6.19. The molecule has 0 bridgehead atoms. The number of rotatable bonds is 4. The number of sulfone groups is 1. The Morgan fingerprint density at radius 2 is 2.00 bits per heavy atom. The third-order valence-electron chi connectivity index (χ3n) is 3.23. The highest BCUT2D eigenvalue weighted by Gasteiger charge is 2.32. The molecule has 1 aliphatic heterocycles. The van der Waals surface area contributed by atoms with Crippen LogP contribution in [0.25, 0.3) is 0 Å². The van der Waals surface area contributed by atoms with Crippen molar-refractivity contribution in [2.75, 3.05) is 18.1 Å². The summed E-state index contributed by atoms with van der Waals surface area (Å²) in [6, 6.07) is 7.44. The van der Waals surface area contributed by atoms with Crippen LogP contribution in [0, 0.1) is 5.92 Å². The van der Waals surface area contributed by atoms with Crippen LogP contribution in [0.1, 0.15) is 12.0 Å². The highest BCUT2D eigenvalue weighted by Crippen LogP contribution is 2.18. The lowest BCUT2D eigenvalue weighted by Crippen LogP contribution is -2.32. The van der Waals surface area contributed by atoms with Gasteiger partial charge in [-0.15, -0.1) is 0 Å². The summed E-state index contributed by atoms with van der Waals surface area (Å²) < 4.78 is 22.6. The van der Waals surface area contributed by atoms with E-state index < -0.39 is 9.84 Å². The van der Waals surface area contributed by atoms with E-state index in [0.29, 0.717) is 24.4 Å². The van der Waals surface area contributed by atoms with E-state index in [9.17, 15) is 13.2 Å². The maximum Gasteiger partial charge on any atom is 0.224 e. The first-order chi connectivity index (χ1) is 8.96. The number of carbonyl (C=O) groups is 1. The van der Waals surface area contributed by atoms with E-state index in [1.54, 1.807) is 0 Å². The van der Waals surface area contributed by atoms with Crippen LogP contribution < -0.4 is 5.32 Å². The minimum absolute atomic E-state index is 0.0141. The van der Waals surface area contributed by atoms with Crippen molar-refractivity contribution >= 4 is 27.3 Å². The van der Waals surface area contributed by atoms with Crippen molar-refractivity contribution in [3.63, 3.8) is 0 Å². The number of nitrogens with one attached hydrogen (secondary N) is 1. The van der Waals surface area contributed by atoms with Gasteiger partial charge in [0, 0.05) is 11.6 Å². The zero-order valence-electron chi connectivity index (χ0n) is 10.4. The van der Waals surface area contributed by atoms with Gasteiger partial charge in [0.05, 0.1) is 17.4 Å². The van der Waals surface area contributed by atoms with Gasteiger partial charge in [-0.3, -0.25) is 4.79 Å². The van der Waals surface area contributed by atoms with Crippen LogP contribution in [-0.2, 0) is 21.1 Å². The Hall–Kier alpha value is -1.07. The molecule has 1 aromatic rings. The molecular formula is C13H16ClNO3S. The summed E-state index contributed by atoms with van der Waals surface area (Å²) in [5, 5.41) is 3.47. The molecule has 0 aliphatic carbocycles. The lowest BCUT2D eigenvalue weighted by molar-refractivity contribution is -0.124. The molecule has 1 amide bonds. The molecule has 1 aliphatic rings. The average molecular weight is 302 g/mol. The molecule has 1 atom stereocenters. The second-order valence-corrected chi connectivity index (χ2v) is 7.43. The van der Waals surface area contributed by atoms with Crippen molar-refractivity contribution in [2.45, 2.75) is 12.8 Å². The van der Waals surface area contributed by atoms with Crippen LogP contribution >= 0.6 is 11.6 Å². The van der Waals surface area contributed by atoms with Crippen LogP contribution in [0.4, 0.5) is 0 Å². The number of halogens is 1. The Morgan fingerprint density at radius 3 is 2.58 bits per heavy atom. The van der Waals surface area contributed by atoms with Gasteiger partial charge in [-0.1, -0.05) is 23.7 Å². The molecule has 1 saturated heterocycles. The molecule has 1 aromatic carbocycles. The fraction of sp³-hybridized carbons (Fsp3) is 0.462. The molecule has 1 heterocycles. The molecule has 2 rings (SSSR count). The maximum absolute atomic E-state index is 11.8. The standard InChI is InChI=1S/C13H16ClNO3S/c14-12-3-1-10(2-4-12)5-7-15-13(16)11-6-8-19(17,18)9-11/h1-4,11H,5-9H2,(H,15,16)/t11-/m0/s1. The minimum atomic E-state index is -3.00. The Kier molecular flexibility index (Phi) is 4.47. The van der Waals surface area contributed by atoms with E-state index >= 15 is 0 Å². The summed E-state index contributed by atoms with van der Waals surface area (Å²) in [5.74, 6) is -0.424. The molecule has 19 heavy (non-hydrogen) atoms. The SMILES string of the molecule is O=C(NCCc1ccc(Cl)cc1)[C@H]1CCS(=O)(=O)C1. The molecule has 0 spiro atoms. The average Bonchev–Trinajstić information content (AvgIpc) is 2.72. The summed E-state index contributed by atoms with van der Waals surface area (Å²) in [6.45, 7) is 0.511. The molecule has 0 aromatic heterocycles. The Morgan fingerprint density at radius 1 is 1.32 bits per heavy atom. The second kappa shape index (κ2) is 5.92. The number of carbonyl (C=O) groups excluding carboxylic acids is 1. The highest BCUT2D eigenvalue weighted by atomic mass is 35.5. The molecule has 1 fully saturated rings. The van der Waals surface area contributed by atoms with Crippen LogP contribution in [0.2, 0.25) is 5.02 Å². The van der Waals surface area contributed by atoms with Gasteiger partial charge in [-0.05, 0) is 30.5 Å². The van der Waals surface area contributed by atoms with Crippen LogP contribution in [0.15, 0.2) is 24.3 Å². The van der Waals surface area contributed by atoms with E-state index in [0.717, 1.165) is 5.56 Å². The Labute approximate surface area is 118 Å². The number of benzene rings is 1. The lowest BCUT2D eigenvalue weighted by Gasteiger charge is -2.09. The lowest BCUT2D eigenvalue weighted by atomic mass is 10.1. The fourth-order valence-electron chi connectivity index (χ4n) is 2.13. The largest absolute Gasteiger partial charge is 0.356 e. The molecule has 6 heteroatoms. The van der Waals surface area contributed by atoms with Crippen LogP contribution in [0.3, 0.4) is 0 Å². The molecule has 0 unspecified atom stereocenters. The number of amides is 1. The quantitative estimate of drug-likeness (QED) is 0.915. The smallest absolute Gasteiger partial charge is 0.224 e. The highest BCUT2D eigenvalue weighted by molar-refractivity contribution is 7.91. The van der Waals surface area contributed by atoms with E-state index in [2.05, 4.69) is 5.32 Å². The topological polar surface area (TPSA) is 63.2 Å². The Bertz CT molecular complexity index is 554. The number of hydrogen-bond donors (Lipinski definition) is 1. The van der Waals surface area contributed by atoms with E-state index in [1.807, 2.05) is 24.3 Å². The predicted octanol–water partition coefficient (Wildman–Crippen LogP) is 1.43. The zero-order valence-corrected chi connectivity index (χ0v) is 12.0. The Balaban J connectivity index is 1.77. The van der Waals surface area contributed by atoms with Crippen molar-refractivity contribution in [3.05, 3.63) is 34.9 Å². The van der Waals surface area contributed by atoms with Crippen LogP contribution in [-0.4, -0.2) is 32.4 Å². The van der Waals surface area contributed by atoms with E-state index in [1.165, 1.54) is 0 Å². The van der Waals surface area contributed by atoms with Gasteiger partial charge in [-0.25, -0.2) is 8.42 Å². The van der Waals surface area contributed by atoms with Crippen LogP contribution in [0.5, 0.6) is 0 Å². The van der Waals surface area contributed by atoms with Gasteiger partial charge in [-0.2, -0.15) is 0 Å².